The van der Waals surface area contributed by atoms with Gasteiger partial charge in [0, 0.05) is 22.9 Å². The van der Waals surface area contributed by atoms with Crippen LogP contribution < -0.4 is 10.6 Å². The van der Waals surface area contributed by atoms with Crippen LogP contribution in [-0.2, 0) is 4.74 Å². The van der Waals surface area contributed by atoms with Crippen molar-refractivity contribution < 1.29 is 18.7 Å². The maximum Gasteiger partial charge on any atom is 0.410 e. The Balaban J connectivity index is 1.62. The number of hydrogen-bond acceptors (Lipinski definition) is 5. The summed E-state index contributed by atoms with van der Waals surface area (Å²) in [5.74, 6) is -0.742. The highest BCUT2D eigenvalue weighted by Crippen LogP contribution is 2.24. The summed E-state index contributed by atoms with van der Waals surface area (Å²) in [5.41, 5.74) is 0.433. The number of halogens is 2. The number of nitrogens with zero attached hydrogens (tertiary/aromatic N) is 2. The molecule has 2 amide bonds. The van der Waals surface area contributed by atoms with E-state index in [1.165, 1.54) is 23.4 Å². The summed E-state index contributed by atoms with van der Waals surface area (Å²) < 4.78 is 20.2. The zero-order chi connectivity index (χ0) is 21.2. The summed E-state index contributed by atoms with van der Waals surface area (Å²) in [7, 11) is 0. The van der Waals surface area contributed by atoms with Crippen molar-refractivity contribution in [1.29, 1.82) is 0 Å². The van der Waals surface area contributed by atoms with Gasteiger partial charge in [0.15, 0.2) is 0 Å². The molecule has 1 aliphatic rings. The van der Waals surface area contributed by atoms with E-state index in [2.05, 4.69) is 15.6 Å². The SMILES string of the molecule is CC(C)(C)OC(=O)N1CC(NC(=O)c2ccncc2Nc2ccc(I)cc2F)C1. The van der Waals surface area contributed by atoms with Crippen LogP contribution in [0.5, 0.6) is 0 Å². The minimum atomic E-state index is -0.562. The van der Waals surface area contributed by atoms with Crippen LogP contribution in [0.15, 0.2) is 36.7 Å². The van der Waals surface area contributed by atoms with Crippen LogP contribution in [0.25, 0.3) is 0 Å². The van der Waals surface area contributed by atoms with Gasteiger partial charge in [0.1, 0.15) is 11.4 Å². The average Bonchev–Trinajstić information content (AvgIpc) is 2.58. The summed E-state index contributed by atoms with van der Waals surface area (Å²) in [6.07, 6.45) is 2.57. The van der Waals surface area contributed by atoms with E-state index in [-0.39, 0.29) is 17.6 Å². The summed E-state index contributed by atoms with van der Waals surface area (Å²) in [4.78, 5) is 30.2. The topological polar surface area (TPSA) is 83.6 Å². The lowest BCUT2D eigenvalue weighted by Gasteiger charge is -2.40. The van der Waals surface area contributed by atoms with Crippen molar-refractivity contribution in [2.75, 3.05) is 18.4 Å². The molecule has 2 heterocycles. The summed E-state index contributed by atoms with van der Waals surface area (Å²) in [5, 5.41) is 5.80. The number of likely N-dealkylation sites (tertiary alicyclic amines) is 1. The third-order valence-electron chi connectivity index (χ3n) is 4.13. The van der Waals surface area contributed by atoms with E-state index in [9.17, 15) is 14.0 Å². The van der Waals surface area contributed by atoms with Crippen molar-refractivity contribution in [2.24, 2.45) is 0 Å². The minimum absolute atomic E-state index is 0.175. The van der Waals surface area contributed by atoms with Crippen molar-refractivity contribution in [3.8, 4) is 0 Å². The Morgan fingerprint density at radius 1 is 1.24 bits per heavy atom. The molecule has 2 aromatic rings. The van der Waals surface area contributed by atoms with Crippen molar-refractivity contribution in [2.45, 2.75) is 32.4 Å². The minimum Gasteiger partial charge on any atom is -0.444 e. The molecule has 0 saturated carbocycles. The van der Waals surface area contributed by atoms with Crippen molar-refractivity contribution in [1.82, 2.24) is 15.2 Å². The van der Waals surface area contributed by atoms with E-state index < -0.39 is 17.5 Å². The number of nitrogens with one attached hydrogen (secondary N) is 2. The monoisotopic (exact) mass is 512 g/mol. The summed E-state index contributed by atoms with van der Waals surface area (Å²) in [6, 6.07) is 6.16. The highest BCUT2D eigenvalue weighted by atomic mass is 127. The van der Waals surface area contributed by atoms with E-state index >= 15 is 0 Å². The van der Waals surface area contributed by atoms with Crippen LogP contribution in [0.4, 0.5) is 20.6 Å². The van der Waals surface area contributed by atoms with E-state index in [1.54, 1.807) is 39.0 Å². The van der Waals surface area contributed by atoms with Crippen LogP contribution in [0.2, 0.25) is 0 Å². The highest BCUT2D eigenvalue weighted by molar-refractivity contribution is 14.1. The Morgan fingerprint density at radius 3 is 2.62 bits per heavy atom. The molecule has 154 valence electrons. The predicted molar refractivity (Wildman–Crippen MR) is 116 cm³/mol. The zero-order valence-corrected chi connectivity index (χ0v) is 18.5. The number of pyridine rings is 1. The van der Waals surface area contributed by atoms with Crippen molar-refractivity contribution >= 4 is 46.0 Å². The summed E-state index contributed by atoms with van der Waals surface area (Å²) >= 11 is 2.03. The van der Waals surface area contributed by atoms with Crippen LogP contribution in [0, 0.1) is 9.39 Å². The first kappa shape index (κ1) is 21.3. The fraction of sp³-hybridized carbons (Fsp3) is 0.350. The smallest absolute Gasteiger partial charge is 0.410 e. The number of hydrogen-bond donors (Lipinski definition) is 2. The molecule has 0 atom stereocenters. The zero-order valence-electron chi connectivity index (χ0n) is 16.3. The highest BCUT2D eigenvalue weighted by Gasteiger charge is 2.34. The Hall–Kier alpha value is -2.43. The second-order valence-corrected chi connectivity index (χ2v) is 8.97. The van der Waals surface area contributed by atoms with Gasteiger partial charge in [-0.15, -0.1) is 0 Å². The number of carbonyl (C=O) groups is 2. The number of amides is 2. The molecule has 0 radical (unpaired) electrons. The maximum atomic E-state index is 14.1. The van der Waals surface area contributed by atoms with Gasteiger partial charge in [-0.05, 0) is 67.6 Å². The van der Waals surface area contributed by atoms with E-state index in [1.807, 2.05) is 22.6 Å². The first-order valence-electron chi connectivity index (χ1n) is 9.07. The van der Waals surface area contributed by atoms with Gasteiger partial charge in [-0.2, -0.15) is 0 Å². The first-order chi connectivity index (χ1) is 13.6. The standard InChI is InChI=1S/C20H22FIN4O3/c1-20(2,3)29-19(28)26-10-13(11-26)24-18(27)14-6-7-23-9-17(14)25-16-5-4-12(22)8-15(16)21/h4-9,13,25H,10-11H2,1-3H3,(H,24,27). The van der Waals surface area contributed by atoms with Crippen molar-refractivity contribution in [3.05, 3.63) is 51.6 Å². The Morgan fingerprint density at radius 2 is 1.97 bits per heavy atom. The molecule has 3 rings (SSSR count). The van der Waals surface area contributed by atoms with Crippen LogP contribution in [0.1, 0.15) is 31.1 Å². The number of aromatic nitrogens is 1. The lowest BCUT2D eigenvalue weighted by molar-refractivity contribution is 0.00533. The number of benzene rings is 1. The van der Waals surface area contributed by atoms with Gasteiger partial charge in [0.25, 0.3) is 5.91 Å². The van der Waals surface area contributed by atoms with Crippen LogP contribution in [0.3, 0.4) is 0 Å². The van der Waals surface area contributed by atoms with Crippen molar-refractivity contribution in [3.63, 3.8) is 0 Å². The molecular formula is C20H22FIN4O3. The quantitative estimate of drug-likeness (QED) is 0.608. The molecule has 0 bridgehead atoms. The molecule has 9 heteroatoms. The molecule has 0 spiro atoms. The van der Waals surface area contributed by atoms with Crippen LogP contribution in [-0.4, -0.2) is 46.6 Å². The van der Waals surface area contributed by atoms with E-state index in [0.717, 1.165) is 3.57 Å². The molecule has 7 nitrogen and oxygen atoms in total. The number of carbonyl (C=O) groups excluding carboxylic acids is 2. The molecule has 1 aromatic carbocycles. The second kappa shape index (κ2) is 8.52. The van der Waals surface area contributed by atoms with Gasteiger partial charge in [-0.1, -0.05) is 0 Å². The van der Waals surface area contributed by atoms with Gasteiger partial charge in [-0.25, -0.2) is 9.18 Å². The fourth-order valence-electron chi connectivity index (χ4n) is 2.74. The molecule has 1 fully saturated rings. The van der Waals surface area contributed by atoms with Gasteiger partial charge in [0.05, 0.1) is 29.2 Å². The molecule has 1 saturated heterocycles. The van der Waals surface area contributed by atoms with Gasteiger partial charge < -0.3 is 20.3 Å². The molecular weight excluding hydrogens is 490 g/mol. The third-order valence-corrected chi connectivity index (χ3v) is 4.81. The van der Waals surface area contributed by atoms with Gasteiger partial charge in [-0.3, -0.25) is 9.78 Å². The van der Waals surface area contributed by atoms with Crippen LogP contribution >= 0.6 is 22.6 Å². The Kier molecular flexibility index (Phi) is 6.25. The lowest BCUT2D eigenvalue weighted by atomic mass is 10.1. The normalized spacial score (nSPS) is 14.2. The van der Waals surface area contributed by atoms with Gasteiger partial charge >= 0.3 is 6.09 Å². The predicted octanol–water partition coefficient (Wildman–Crippen LogP) is 3.92. The van der Waals surface area contributed by atoms with E-state index in [4.69, 9.17) is 4.74 Å². The third kappa shape index (κ3) is 5.55. The Bertz CT molecular complexity index is 926. The molecule has 1 aliphatic heterocycles. The first-order valence-corrected chi connectivity index (χ1v) is 10.1. The molecule has 0 aliphatic carbocycles. The van der Waals surface area contributed by atoms with E-state index in [0.29, 0.717) is 24.3 Å². The molecule has 1 aromatic heterocycles. The molecule has 29 heavy (non-hydrogen) atoms. The van der Waals surface area contributed by atoms with Gasteiger partial charge in [0.2, 0.25) is 0 Å². The molecule has 2 N–H and O–H groups in total. The number of ether oxygens (including phenoxy) is 1. The second-order valence-electron chi connectivity index (χ2n) is 7.73. The Labute approximate surface area is 182 Å². The molecule has 0 unspecified atom stereocenters. The average molecular weight is 512 g/mol. The maximum absolute atomic E-state index is 14.1. The number of anilines is 2. The lowest BCUT2D eigenvalue weighted by Crippen LogP contribution is -2.61. The summed E-state index contributed by atoms with van der Waals surface area (Å²) in [6.45, 7) is 6.16. The largest absolute Gasteiger partial charge is 0.444 e. The number of rotatable bonds is 4. The fourth-order valence-corrected chi connectivity index (χ4v) is 3.19.